The van der Waals surface area contributed by atoms with Crippen molar-refractivity contribution in [2.75, 3.05) is 0 Å². The topological polar surface area (TPSA) is 17.1 Å². The molecule has 2 saturated carbocycles. The lowest BCUT2D eigenvalue weighted by Crippen LogP contribution is -2.31. The van der Waals surface area contributed by atoms with Gasteiger partial charge in [-0.1, -0.05) is 37.3 Å². The van der Waals surface area contributed by atoms with Crippen LogP contribution in [0.1, 0.15) is 31.7 Å². The Kier molecular flexibility index (Phi) is 1.79. The number of Topliss-reactive ketones (excluding diaryl/α,β-unsaturated/α-hetero) is 1. The molecule has 0 saturated heterocycles. The average Bonchev–Trinajstić information content (AvgIpc) is 2.74. The average molecular weight is 200 g/mol. The normalized spacial score (nSPS) is 38.6. The highest BCUT2D eigenvalue weighted by atomic mass is 16.1. The fourth-order valence-corrected chi connectivity index (χ4v) is 3.54. The van der Waals surface area contributed by atoms with E-state index in [1.165, 1.54) is 5.56 Å². The van der Waals surface area contributed by atoms with E-state index in [4.69, 9.17) is 0 Å². The van der Waals surface area contributed by atoms with Crippen LogP contribution in [0.3, 0.4) is 0 Å². The second kappa shape index (κ2) is 2.94. The van der Waals surface area contributed by atoms with Crippen LogP contribution in [0.4, 0.5) is 0 Å². The van der Waals surface area contributed by atoms with Gasteiger partial charge in [0.25, 0.3) is 0 Å². The van der Waals surface area contributed by atoms with Gasteiger partial charge in [0.05, 0.1) is 5.41 Å². The standard InChI is InChI=1S/C14H16O/c1-10-8-14(9-11(10)7-13(14)15)12-5-3-2-4-6-12/h2-6,10-11H,7-9H2,1H3. The molecule has 0 N–H and O–H groups in total. The molecule has 3 rings (SSSR count). The molecule has 2 aliphatic carbocycles. The van der Waals surface area contributed by atoms with Crippen molar-refractivity contribution in [3.63, 3.8) is 0 Å². The van der Waals surface area contributed by atoms with Gasteiger partial charge in [0.2, 0.25) is 0 Å². The lowest BCUT2D eigenvalue weighted by atomic mass is 9.74. The maximum atomic E-state index is 12.1. The summed E-state index contributed by atoms with van der Waals surface area (Å²) in [4.78, 5) is 12.1. The van der Waals surface area contributed by atoms with Crippen LogP contribution in [0.25, 0.3) is 0 Å². The van der Waals surface area contributed by atoms with Crippen LogP contribution in [0.15, 0.2) is 30.3 Å². The third kappa shape index (κ3) is 1.12. The zero-order valence-electron chi connectivity index (χ0n) is 9.07. The summed E-state index contributed by atoms with van der Waals surface area (Å²) in [5.74, 6) is 1.86. The van der Waals surface area contributed by atoms with E-state index in [1.54, 1.807) is 0 Å². The van der Waals surface area contributed by atoms with Crippen LogP contribution < -0.4 is 0 Å². The summed E-state index contributed by atoms with van der Waals surface area (Å²) in [7, 11) is 0. The number of fused-ring (bicyclic) bond motifs is 2. The van der Waals surface area contributed by atoms with Gasteiger partial charge >= 0.3 is 0 Å². The van der Waals surface area contributed by atoms with Gasteiger partial charge in [-0.2, -0.15) is 0 Å². The number of ketones is 1. The predicted octanol–water partition coefficient (Wildman–Crippen LogP) is 2.94. The molecule has 0 heterocycles. The van der Waals surface area contributed by atoms with Gasteiger partial charge in [-0.05, 0) is 30.2 Å². The predicted molar refractivity (Wildman–Crippen MR) is 59.6 cm³/mol. The van der Waals surface area contributed by atoms with Crippen LogP contribution in [-0.2, 0) is 10.2 Å². The monoisotopic (exact) mass is 200 g/mol. The molecule has 0 aromatic heterocycles. The molecule has 0 aliphatic heterocycles. The summed E-state index contributed by atoms with van der Waals surface area (Å²) >= 11 is 0. The maximum Gasteiger partial charge on any atom is 0.143 e. The van der Waals surface area contributed by atoms with Gasteiger partial charge in [0.1, 0.15) is 5.78 Å². The van der Waals surface area contributed by atoms with Crippen LogP contribution in [0.2, 0.25) is 0 Å². The van der Waals surface area contributed by atoms with E-state index in [-0.39, 0.29) is 5.41 Å². The van der Waals surface area contributed by atoms with Gasteiger partial charge in [-0.15, -0.1) is 0 Å². The second-order valence-corrected chi connectivity index (χ2v) is 5.22. The number of rotatable bonds is 1. The molecular weight excluding hydrogens is 184 g/mol. The van der Waals surface area contributed by atoms with Crippen LogP contribution in [-0.4, -0.2) is 5.78 Å². The first-order valence-electron chi connectivity index (χ1n) is 5.81. The summed E-state index contributed by atoms with van der Waals surface area (Å²) in [5.41, 5.74) is 1.15. The summed E-state index contributed by atoms with van der Waals surface area (Å²) in [5, 5.41) is 0. The van der Waals surface area contributed by atoms with Crippen molar-refractivity contribution < 1.29 is 4.79 Å². The largest absolute Gasteiger partial charge is 0.299 e. The highest BCUT2D eigenvalue weighted by molar-refractivity contribution is 5.93. The van der Waals surface area contributed by atoms with Crippen LogP contribution in [0, 0.1) is 11.8 Å². The fraction of sp³-hybridized carbons (Fsp3) is 0.500. The highest BCUT2D eigenvalue weighted by Gasteiger charge is 2.55. The Morgan fingerprint density at radius 2 is 1.93 bits per heavy atom. The lowest BCUT2D eigenvalue weighted by Gasteiger charge is -2.27. The van der Waals surface area contributed by atoms with E-state index in [2.05, 4.69) is 19.1 Å². The number of hydrogen-bond acceptors (Lipinski definition) is 1. The van der Waals surface area contributed by atoms with Crippen molar-refractivity contribution in [3.8, 4) is 0 Å². The molecule has 3 unspecified atom stereocenters. The molecule has 2 bridgehead atoms. The Labute approximate surface area is 90.5 Å². The van der Waals surface area contributed by atoms with Crippen LogP contribution >= 0.6 is 0 Å². The van der Waals surface area contributed by atoms with E-state index in [9.17, 15) is 4.79 Å². The molecule has 2 aliphatic rings. The number of carbonyl (C=O) groups excluding carboxylic acids is 1. The Bertz CT molecular complexity index is 391. The molecule has 0 spiro atoms. The van der Waals surface area contributed by atoms with Crippen LogP contribution in [0.5, 0.6) is 0 Å². The first kappa shape index (κ1) is 9.14. The summed E-state index contributed by atoms with van der Waals surface area (Å²) < 4.78 is 0. The van der Waals surface area contributed by atoms with Crippen molar-refractivity contribution in [3.05, 3.63) is 35.9 Å². The Balaban J connectivity index is 2.07. The molecule has 1 aromatic rings. The number of benzene rings is 1. The minimum absolute atomic E-state index is 0.106. The molecule has 78 valence electrons. The van der Waals surface area contributed by atoms with Gasteiger partial charge in [-0.25, -0.2) is 0 Å². The molecule has 2 fully saturated rings. The molecule has 1 heteroatoms. The van der Waals surface area contributed by atoms with Crippen molar-refractivity contribution in [1.82, 2.24) is 0 Å². The summed E-state index contributed by atoms with van der Waals surface area (Å²) in [6, 6.07) is 10.4. The first-order valence-corrected chi connectivity index (χ1v) is 5.81. The van der Waals surface area contributed by atoms with Crippen molar-refractivity contribution in [1.29, 1.82) is 0 Å². The van der Waals surface area contributed by atoms with E-state index in [1.807, 2.05) is 18.2 Å². The minimum Gasteiger partial charge on any atom is -0.299 e. The number of hydrogen-bond donors (Lipinski definition) is 0. The smallest absolute Gasteiger partial charge is 0.143 e. The molecule has 0 radical (unpaired) electrons. The Morgan fingerprint density at radius 3 is 2.53 bits per heavy atom. The molecule has 3 atom stereocenters. The summed E-state index contributed by atoms with van der Waals surface area (Å²) in [6.45, 7) is 2.29. The highest BCUT2D eigenvalue weighted by Crippen LogP contribution is 2.55. The van der Waals surface area contributed by atoms with E-state index < -0.39 is 0 Å². The Morgan fingerprint density at radius 1 is 1.20 bits per heavy atom. The van der Waals surface area contributed by atoms with Gasteiger partial charge in [0.15, 0.2) is 0 Å². The molecule has 1 aromatic carbocycles. The first-order chi connectivity index (χ1) is 7.22. The zero-order chi connectivity index (χ0) is 10.5. The molecular formula is C14H16O. The second-order valence-electron chi connectivity index (χ2n) is 5.22. The SMILES string of the molecule is CC1CC2(c3ccccc3)CC1CC2=O. The fourth-order valence-electron chi connectivity index (χ4n) is 3.54. The third-order valence-electron chi connectivity index (χ3n) is 4.39. The molecule has 15 heavy (non-hydrogen) atoms. The van der Waals surface area contributed by atoms with E-state index >= 15 is 0 Å². The third-order valence-corrected chi connectivity index (χ3v) is 4.39. The van der Waals surface area contributed by atoms with Crippen molar-refractivity contribution in [2.45, 2.75) is 31.6 Å². The van der Waals surface area contributed by atoms with Gasteiger partial charge in [-0.3, -0.25) is 4.79 Å². The zero-order valence-corrected chi connectivity index (χ0v) is 9.07. The van der Waals surface area contributed by atoms with Gasteiger partial charge in [0, 0.05) is 6.42 Å². The molecule has 0 amide bonds. The summed E-state index contributed by atoms with van der Waals surface area (Å²) in [6.07, 6.45) is 2.98. The van der Waals surface area contributed by atoms with Gasteiger partial charge < -0.3 is 0 Å². The van der Waals surface area contributed by atoms with Crippen molar-refractivity contribution >= 4 is 5.78 Å². The molecule has 1 nitrogen and oxygen atoms in total. The lowest BCUT2D eigenvalue weighted by molar-refractivity contribution is -0.123. The Hall–Kier alpha value is -1.11. The van der Waals surface area contributed by atoms with E-state index in [0.717, 1.165) is 25.2 Å². The number of carbonyl (C=O) groups is 1. The quantitative estimate of drug-likeness (QED) is 0.681. The van der Waals surface area contributed by atoms with E-state index in [0.29, 0.717) is 11.7 Å². The minimum atomic E-state index is -0.106. The van der Waals surface area contributed by atoms with Crippen molar-refractivity contribution in [2.24, 2.45) is 11.8 Å². The maximum absolute atomic E-state index is 12.1.